The Hall–Kier alpha value is -10.0. The number of aliphatic hydroxyl groups is 1. The van der Waals surface area contributed by atoms with E-state index in [9.17, 15) is 58.5 Å². The van der Waals surface area contributed by atoms with Crippen molar-refractivity contribution in [3.05, 3.63) is 137 Å². The van der Waals surface area contributed by atoms with Gasteiger partial charge in [0, 0.05) is 73.0 Å². The number of thioether (sulfide) groups is 2. The smallest absolute Gasteiger partial charge is 0.246 e. The lowest BCUT2D eigenvalue weighted by Gasteiger charge is -2.34. The number of rotatable bonds is 10. The van der Waals surface area contributed by atoms with Gasteiger partial charge in [0.1, 0.15) is 82.6 Å². The van der Waals surface area contributed by atoms with Gasteiger partial charge in [-0.15, -0.1) is 0 Å². The Labute approximate surface area is 649 Å². The molecule has 4 bridgehead atoms. The van der Waals surface area contributed by atoms with Crippen molar-refractivity contribution in [2.45, 2.75) is 228 Å². The summed E-state index contributed by atoms with van der Waals surface area (Å²) in [6, 6.07) is 10.5. The molecule has 0 unspecified atom stereocenters. The second-order valence-electron chi connectivity index (χ2n) is 30.1. The number of nitrogens with zero attached hydrogens (tertiary/aromatic N) is 2. The van der Waals surface area contributed by atoms with Crippen molar-refractivity contribution < 1.29 is 72.9 Å². The van der Waals surface area contributed by atoms with Gasteiger partial charge in [0.2, 0.25) is 70.9 Å². The van der Waals surface area contributed by atoms with E-state index >= 15 is 14.4 Å². The van der Waals surface area contributed by atoms with Gasteiger partial charge in [-0.3, -0.25) is 57.5 Å². The highest BCUT2D eigenvalue weighted by Crippen LogP contribution is 2.28. The summed E-state index contributed by atoms with van der Waals surface area (Å²) in [6.45, 7) is 12.7. The number of phenols is 2. The molecule has 8 rings (SSSR count). The van der Waals surface area contributed by atoms with E-state index in [0.29, 0.717) is 77.1 Å². The maximum absolute atomic E-state index is 15.4. The van der Waals surface area contributed by atoms with E-state index in [1.54, 1.807) is 64.4 Å². The zero-order chi connectivity index (χ0) is 80.0. The fourth-order valence-electron chi connectivity index (χ4n) is 13.4. The highest BCUT2D eigenvalue weighted by Gasteiger charge is 2.45. The molecule has 110 heavy (non-hydrogen) atoms. The number of aromatic nitrogens is 2. The number of benzene rings is 3. The Morgan fingerprint density at radius 1 is 0.645 bits per heavy atom. The fraction of sp³-hybridized carbons (Fsp3) is 0.506. The van der Waals surface area contributed by atoms with E-state index in [4.69, 9.17) is 5.73 Å². The molecule has 3 aliphatic heterocycles. The number of amides is 12. The number of carbonyl (C=O) groups excluding carboxylic acids is 12. The van der Waals surface area contributed by atoms with Crippen LogP contribution in [0.2, 0.25) is 0 Å². The van der Waals surface area contributed by atoms with Crippen LogP contribution in [0, 0.1) is 5.41 Å². The van der Waals surface area contributed by atoms with Gasteiger partial charge in [0.05, 0.1) is 6.10 Å². The minimum atomic E-state index is -1.89. The zero-order valence-electron chi connectivity index (χ0n) is 63.6. The van der Waals surface area contributed by atoms with Crippen molar-refractivity contribution in [3.8, 4) is 11.5 Å². The zero-order valence-corrected chi connectivity index (χ0v) is 65.3. The molecule has 3 aliphatic rings. The molecule has 29 nitrogen and oxygen atoms in total. The number of hydrogen-bond donors (Lipinski definition) is 15. The predicted octanol–water partition coefficient (Wildman–Crippen LogP) is 3.83. The summed E-state index contributed by atoms with van der Waals surface area (Å²) >= 11 is 2.82. The van der Waals surface area contributed by atoms with Crippen molar-refractivity contribution in [1.29, 1.82) is 0 Å². The van der Waals surface area contributed by atoms with Gasteiger partial charge in [-0.05, 0) is 155 Å². The summed E-state index contributed by atoms with van der Waals surface area (Å²) in [5, 5.41) is 60.4. The molecule has 5 aromatic rings. The molecule has 0 saturated carbocycles. The number of nitrogens with one attached hydrogen (secondary N) is 11. The van der Waals surface area contributed by atoms with Crippen LogP contribution in [-0.4, -0.2) is 191 Å². The second-order valence-corrected chi connectivity index (χ2v) is 32.3. The number of pyridine rings is 1. The third-order valence-corrected chi connectivity index (χ3v) is 22.0. The first-order valence-corrected chi connectivity index (χ1v) is 39.8. The maximum Gasteiger partial charge on any atom is 0.246 e. The maximum atomic E-state index is 15.4. The molecule has 12 amide bonds. The van der Waals surface area contributed by atoms with Crippen LogP contribution in [0.3, 0.4) is 0 Å². The van der Waals surface area contributed by atoms with Crippen LogP contribution in [0.15, 0.2) is 109 Å². The van der Waals surface area contributed by atoms with Crippen molar-refractivity contribution in [3.63, 3.8) is 0 Å². The molecule has 0 spiro atoms. The summed E-state index contributed by atoms with van der Waals surface area (Å²) in [7, 11) is 0. The van der Waals surface area contributed by atoms with Crippen LogP contribution < -0.4 is 58.9 Å². The molecule has 31 heteroatoms. The number of phenolic OH excluding ortho intramolecular Hbond substituents is 2. The van der Waals surface area contributed by atoms with E-state index in [0.717, 1.165) is 11.1 Å². The molecule has 5 heterocycles. The first-order valence-electron chi connectivity index (χ1n) is 37.4. The number of hydrogen-bond acceptors (Lipinski definition) is 18. The van der Waals surface area contributed by atoms with E-state index in [1.807, 2.05) is 36.4 Å². The molecule has 594 valence electrons. The fourth-order valence-corrected chi connectivity index (χ4v) is 15.3. The number of carbonyl (C=O) groups is 12. The number of aromatic hydroxyl groups is 2. The van der Waals surface area contributed by atoms with Crippen molar-refractivity contribution in [2.75, 3.05) is 18.1 Å². The first-order chi connectivity index (χ1) is 52.2. The van der Waals surface area contributed by atoms with Crippen LogP contribution in [0.4, 0.5) is 0 Å². The van der Waals surface area contributed by atoms with E-state index in [-0.39, 0.29) is 81.6 Å². The van der Waals surface area contributed by atoms with Gasteiger partial charge in [-0.25, -0.2) is 4.98 Å². The molecule has 12 atom stereocenters. The van der Waals surface area contributed by atoms with Gasteiger partial charge < -0.3 is 84.1 Å². The van der Waals surface area contributed by atoms with Gasteiger partial charge in [0.25, 0.3) is 0 Å². The van der Waals surface area contributed by atoms with Crippen LogP contribution in [-0.2, 0) is 88.3 Å². The molecular formula is C79H106N14O15S2. The Morgan fingerprint density at radius 3 is 1.81 bits per heavy atom. The molecule has 1 saturated heterocycles. The van der Waals surface area contributed by atoms with Gasteiger partial charge in [0.15, 0.2) is 0 Å². The predicted molar refractivity (Wildman–Crippen MR) is 418 cm³/mol. The Morgan fingerprint density at radius 2 is 1.21 bits per heavy atom. The lowest BCUT2D eigenvalue weighted by molar-refractivity contribution is -0.143. The largest absolute Gasteiger partial charge is 0.508 e. The number of allylic oxidation sites excluding steroid dienone is 2. The molecular weight excluding hydrogens is 1450 g/mol. The number of aromatic amines is 1. The van der Waals surface area contributed by atoms with Crippen molar-refractivity contribution in [1.82, 2.24) is 68.0 Å². The standard InChI is InChI=1S/C79H106N14O15S2/c1-9-19-56-69(101)91-79(8)34-15-13-11-10-12-14-33-78(7,75(107)83-46(2)67(99)85-57(68(100)84-56)39-48-24-28-53(95)29-25-48)92-70(102)58(41-52-42-82-66-55(52)22-17-35-81-66)86-72(104)63(47(3)94)90-71(103)61-23-18-36-93(61)74(106)59(40-49-26-30-54(96)31-27-49)87-73(105)64(77(4,5)6)89-62(97)32-37-109-43-50-20-16-21-51(38-50)44-110-45-60(65(80)98)88-76(79)108/h10-11,16-17,20-22,24-31,35,38,42,46-47,56-61,63-64,94-96H,9,12-15,18-19,23,32-34,36-37,39-41,43-45H2,1-8H3,(H2,80,98)(H,81,82)(H,83,107)(H,84,100)(H,85,99)(H,86,104)(H,87,105)(H,88,108)(H,89,97)(H,90,103)(H,91,101)(H,92,102)/t46-,47+,56-,57-,58-,59-,60-,61-,63-,64+,78-,79-/m0/s1. The van der Waals surface area contributed by atoms with Gasteiger partial charge >= 0.3 is 0 Å². The summed E-state index contributed by atoms with van der Waals surface area (Å²) in [5.41, 5.74) is 5.24. The SMILES string of the molecule is CCC[C@@H]1NC(=O)[C@H](Cc2ccc(O)cc2)NC(=O)[C@H](C)NC(=O)[C@]2(C)CCCC=CCCC[C@](C)(NC1=O)C(=O)N[C@H](C(N)=O)CSCc1cccc(c1)CSCCC(=O)N[C@@H](C(C)(C)C)C(=O)N[C@@H](Cc1ccc(O)cc1)C(=O)N1CCC[C@H]1C(=O)N[C@@H]([C@@H](C)O)C(=O)N[C@@H](Cc1c[nH]c3ncccc13)C(=O)N2. The number of fused-ring (bicyclic) bond motifs is 12. The van der Waals surface area contributed by atoms with Crippen molar-refractivity contribution in [2.24, 2.45) is 11.1 Å². The highest BCUT2D eigenvalue weighted by molar-refractivity contribution is 7.98. The Bertz CT molecular complexity index is 4130. The molecule has 16 N–H and O–H groups in total. The monoisotopic (exact) mass is 1550 g/mol. The minimum absolute atomic E-state index is 0.0133. The van der Waals surface area contributed by atoms with Crippen LogP contribution in [0.25, 0.3) is 11.0 Å². The van der Waals surface area contributed by atoms with Crippen molar-refractivity contribution >= 4 is 105 Å². The number of primary amides is 1. The lowest BCUT2D eigenvalue weighted by Crippen LogP contribution is -2.65. The average molecular weight is 1560 g/mol. The summed E-state index contributed by atoms with van der Waals surface area (Å²) in [5.74, 6) is -8.27. The van der Waals surface area contributed by atoms with Gasteiger partial charge in [-0.1, -0.05) is 94.8 Å². The minimum Gasteiger partial charge on any atom is -0.508 e. The number of H-pyrrole nitrogens is 1. The van der Waals surface area contributed by atoms with Crippen LogP contribution >= 0.6 is 23.5 Å². The lowest BCUT2D eigenvalue weighted by atomic mass is 9.85. The Balaban J connectivity index is 1.16. The first kappa shape index (κ1) is 85.6. The topological polar surface area (TPSA) is 444 Å². The molecule has 1 fully saturated rings. The molecule has 0 radical (unpaired) electrons. The highest BCUT2D eigenvalue weighted by atomic mass is 32.2. The molecule has 2 aromatic heterocycles. The Kier molecular flexibility index (Phi) is 30.8. The number of nitrogens with two attached hydrogens (primary N) is 1. The average Bonchev–Trinajstić information content (AvgIpc) is 1.50. The number of aliphatic hydroxyl groups excluding tert-OH is 1. The molecule has 3 aromatic carbocycles. The normalized spacial score (nSPS) is 26.4. The third-order valence-electron chi connectivity index (χ3n) is 19.9. The van der Waals surface area contributed by atoms with Crippen LogP contribution in [0.5, 0.6) is 11.5 Å². The second kappa shape index (κ2) is 39.6. The molecule has 0 aliphatic carbocycles. The van der Waals surface area contributed by atoms with Crippen LogP contribution in [0.1, 0.15) is 154 Å². The third kappa shape index (κ3) is 24.2. The van der Waals surface area contributed by atoms with E-state index in [2.05, 4.69) is 63.1 Å². The van der Waals surface area contributed by atoms with Gasteiger partial charge in [-0.2, -0.15) is 23.5 Å². The van der Waals surface area contributed by atoms with E-state index < -0.39 is 148 Å². The summed E-state index contributed by atoms with van der Waals surface area (Å²) in [4.78, 5) is 185. The van der Waals surface area contributed by atoms with E-state index in [1.165, 1.54) is 92.5 Å². The quantitative estimate of drug-likeness (QED) is 0.0883. The summed E-state index contributed by atoms with van der Waals surface area (Å²) < 4.78 is 0. The summed E-state index contributed by atoms with van der Waals surface area (Å²) in [6.07, 6.45) is 6.66.